The van der Waals surface area contributed by atoms with Gasteiger partial charge >= 0.3 is 5.97 Å². The van der Waals surface area contributed by atoms with Crippen molar-refractivity contribution in [3.05, 3.63) is 0 Å². The maximum Gasteiger partial charge on any atom is 0.326 e. The van der Waals surface area contributed by atoms with Crippen LogP contribution in [0.5, 0.6) is 0 Å². The molecule has 2 N–H and O–H groups in total. The summed E-state index contributed by atoms with van der Waals surface area (Å²) in [5, 5.41) is 10.7. The lowest BCUT2D eigenvalue weighted by Gasteiger charge is -2.17. The quantitative estimate of drug-likeness (QED) is 0.619. The van der Waals surface area contributed by atoms with Gasteiger partial charge in [-0.3, -0.25) is 4.79 Å². The minimum atomic E-state index is -2.79. The molecule has 18 heavy (non-hydrogen) atoms. The number of halogens is 2. The van der Waals surface area contributed by atoms with Crippen LogP contribution < -0.4 is 5.32 Å². The Bertz CT molecular complexity index is 274. The summed E-state index contributed by atoms with van der Waals surface area (Å²) in [6.45, 7) is 3.78. The van der Waals surface area contributed by atoms with Crippen LogP contribution in [-0.2, 0) is 14.3 Å². The molecule has 0 bridgehead atoms. The minimum absolute atomic E-state index is 0.373. The number of alkyl halides is 2. The molecule has 0 aromatic heterocycles. The van der Waals surface area contributed by atoms with E-state index in [-0.39, 0.29) is 0 Å². The molecular weight excluding hydrogens is 248 g/mol. The molecule has 2 unspecified atom stereocenters. The molecule has 0 spiro atoms. The van der Waals surface area contributed by atoms with E-state index in [1.165, 1.54) is 6.92 Å². The van der Waals surface area contributed by atoms with Crippen molar-refractivity contribution in [2.24, 2.45) is 0 Å². The predicted molar refractivity (Wildman–Crippen MR) is 60.5 cm³/mol. The lowest BCUT2D eigenvalue weighted by Crippen LogP contribution is -2.46. The van der Waals surface area contributed by atoms with Crippen molar-refractivity contribution in [2.75, 3.05) is 6.61 Å². The highest BCUT2D eigenvalue weighted by molar-refractivity contribution is 5.86. The van der Waals surface area contributed by atoms with E-state index in [4.69, 9.17) is 9.84 Å². The molecule has 0 radical (unpaired) electrons. The molecule has 0 aromatic carbocycles. The SMILES string of the molecule is CCCCOC(C)C(=O)NC(CC(F)F)C(=O)O. The number of hydrogen-bond acceptors (Lipinski definition) is 3. The van der Waals surface area contributed by atoms with E-state index in [9.17, 15) is 18.4 Å². The van der Waals surface area contributed by atoms with Crippen LogP contribution in [0, 0.1) is 0 Å². The number of nitrogens with one attached hydrogen (secondary N) is 1. The second-order valence-corrected chi connectivity index (χ2v) is 3.89. The van der Waals surface area contributed by atoms with Crippen LogP contribution in [0.15, 0.2) is 0 Å². The molecule has 0 heterocycles. The number of carboxylic acids is 1. The number of carbonyl (C=O) groups excluding carboxylic acids is 1. The van der Waals surface area contributed by atoms with Crippen molar-refractivity contribution in [3.63, 3.8) is 0 Å². The van der Waals surface area contributed by atoms with Crippen LogP contribution >= 0.6 is 0 Å². The number of ether oxygens (including phenoxy) is 1. The molecule has 0 saturated heterocycles. The molecule has 0 rings (SSSR count). The normalized spacial score (nSPS) is 14.3. The zero-order chi connectivity index (χ0) is 14.1. The Labute approximate surface area is 105 Å². The third-order valence-electron chi connectivity index (χ3n) is 2.26. The zero-order valence-electron chi connectivity index (χ0n) is 10.5. The molecule has 106 valence electrons. The second-order valence-electron chi connectivity index (χ2n) is 3.89. The third-order valence-corrected chi connectivity index (χ3v) is 2.26. The van der Waals surface area contributed by atoms with Crippen molar-refractivity contribution in [1.29, 1.82) is 0 Å². The van der Waals surface area contributed by atoms with Gasteiger partial charge in [-0.05, 0) is 13.3 Å². The van der Waals surface area contributed by atoms with E-state index in [1.54, 1.807) is 0 Å². The highest BCUT2D eigenvalue weighted by Gasteiger charge is 2.26. The molecule has 0 aliphatic rings. The topological polar surface area (TPSA) is 75.6 Å². The summed E-state index contributed by atoms with van der Waals surface area (Å²) in [6, 6.07) is -1.59. The fourth-order valence-electron chi connectivity index (χ4n) is 1.17. The van der Waals surface area contributed by atoms with Gasteiger partial charge in [-0.1, -0.05) is 13.3 Å². The van der Waals surface area contributed by atoms with Gasteiger partial charge in [0.15, 0.2) is 0 Å². The summed E-state index contributed by atoms with van der Waals surface area (Å²) in [6.07, 6.45) is -2.88. The number of unbranched alkanes of at least 4 members (excludes halogenated alkanes) is 1. The predicted octanol–water partition coefficient (Wildman–Crippen LogP) is 1.42. The first-order valence-electron chi connectivity index (χ1n) is 5.81. The van der Waals surface area contributed by atoms with Gasteiger partial charge in [-0.25, -0.2) is 13.6 Å². The number of rotatable bonds is 9. The Morgan fingerprint density at radius 3 is 2.44 bits per heavy atom. The second kappa shape index (κ2) is 8.79. The van der Waals surface area contributed by atoms with Crippen LogP contribution in [0.3, 0.4) is 0 Å². The van der Waals surface area contributed by atoms with Crippen molar-refractivity contribution >= 4 is 11.9 Å². The van der Waals surface area contributed by atoms with E-state index in [2.05, 4.69) is 0 Å². The van der Waals surface area contributed by atoms with Crippen molar-refractivity contribution in [1.82, 2.24) is 5.32 Å². The number of aliphatic carboxylic acids is 1. The lowest BCUT2D eigenvalue weighted by molar-refractivity contribution is -0.145. The summed E-state index contributed by atoms with van der Waals surface area (Å²) in [4.78, 5) is 22.2. The van der Waals surface area contributed by atoms with Crippen molar-refractivity contribution in [3.8, 4) is 0 Å². The third kappa shape index (κ3) is 7.16. The van der Waals surface area contributed by atoms with Crippen LogP contribution in [-0.4, -0.2) is 42.2 Å². The van der Waals surface area contributed by atoms with E-state index in [0.29, 0.717) is 6.61 Å². The smallest absolute Gasteiger partial charge is 0.326 e. The standard InChI is InChI=1S/C11H19F2NO4/c1-3-4-5-18-7(2)10(15)14-8(11(16)17)6-9(12)13/h7-9H,3-6H2,1-2H3,(H,14,15)(H,16,17). The Balaban J connectivity index is 4.19. The van der Waals surface area contributed by atoms with E-state index >= 15 is 0 Å². The van der Waals surface area contributed by atoms with Gasteiger partial charge in [-0.2, -0.15) is 0 Å². The first-order chi connectivity index (χ1) is 8.38. The number of hydrogen-bond donors (Lipinski definition) is 2. The van der Waals surface area contributed by atoms with E-state index in [0.717, 1.165) is 12.8 Å². The molecular formula is C11H19F2NO4. The Hall–Kier alpha value is -1.24. The average Bonchev–Trinajstić information content (AvgIpc) is 2.27. The fourth-order valence-corrected chi connectivity index (χ4v) is 1.17. The summed E-state index contributed by atoms with van der Waals surface area (Å²) in [5.74, 6) is -2.18. The Morgan fingerprint density at radius 2 is 2.00 bits per heavy atom. The van der Waals surface area contributed by atoms with Gasteiger partial charge in [0.2, 0.25) is 12.3 Å². The molecule has 1 amide bonds. The minimum Gasteiger partial charge on any atom is -0.480 e. The molecule has 0 aliphatic heterocycles. The average molecular weight is 267 g/mol. The fraction of sp³-hybridized carbons (Fsp3) is 0.818. The van der Waals surface area contributed by atoms with Crippen LogP contribution in [0.4, 0.5) is 8.78 Å². The highest BCUT2D eigenvalue weighted by Crippen LogP contribution is 2.05. The molecule has 0 aromatic rings. The Morgan fingerprint density at radius 1 is 1.39 bits per heavy atom. The molecule has 5 nitrogen and oxygen atoms in total. The van der Waals surface area contributed by atoms with E-state index in [1.807, 2.05) is 12.2 Å². The Kier molecular flexibility index (Phi) is 8.19. The van der Waals surface area contributed by atoms with Gasteiger partial charge in [0.05, 0.1) is 0 Å². The monoisotopic (exact) mass is 267 g/mol. The summed E-state index contributed by atoms with van der Waals surface area (Å²) in [5.41, 5.74) is 0. The number of amides is 1. The maximum absolute atomic E-state index is 12.1. The largest absolute Gasteiger partial charge is 0.480 e. The van der Waals surface area contributed by atoms with Crippen molar-refractivity contribution in [2.45, 2.75) is 51.7 Å². The van der Waals surface area contributed by atoms with Gasteiger partial charge in [-0.15, -0.1) is 0 Å². The van der Waals surface area contributed by atoms with Crippen LogP contribution in [0.25, 0.3) is 0 Å². The van der Waals surface area contributed by atoms with E-state index < -0.39 is 36.9 Å². The molecule has 0 saturated carbocycles. The van der Waals surface area contributed by atoms with Gasteiger partial charge in [0.1, 0.15) is 12.1 Å². The van der Waals surface area contributed by atoms with Gasteiger partial charge in [0, 0.05) is 13.0 Å². The summed E-state index contributed by atoms with van der Waals surface area (Å²) < 4.78 is 29.3. The first-order valence-corrected chi connectivity index (χ1v) is 5.81. The maximum atomic E-state index is 12.1. The number of carboxylic acid groups (broad SMARTS) is 1. The molecule has 7 heteroatoms. The first kappa shape index (κ1) is 16.8. The molecule has 2 atom stereocenters. The highest BCUT2D eigenvalue weighted by atomic mass is 19.3. The van der Waals surface area contributed by atoms with Gasteiger partial charge < -0.3 is 15.2 Å². The zero-order valence-corrected chi connectivity index (χ0v) is 10.5. The summed E-state index contributed by atoms with van der Waals surface area (Å²) in [7, 11) is 0. The summed E-state index contributed by atoms with van der Waals surface area (Å²) >= 11 is 0. The van der Waals surface area contributed by atoms with Gasteiger partial charge in [0.25, 0.3) is 0 Å². The lowest BCUT2D eigenvalue weighted by atomic mass is 10.2. The molecule has 0 aliphatic carbocycles. The van der Waals surface area contributed by atoms with Crippen molar-refractivity contribution < 1.29 is 28.2 Å². The number of carbonyl (C=O) groups is 2. The van der Waals surface area contributed by atoms with Crippen LogP contribution in [0.1, 0.15) is 33.1 Å². The molecule has 0 fully saturated rings. The van der Waals surface area contributed by atoms with Crippen LogP contribution in [0.2, 0.25) is 0 Å².